The average Bonchev–Trinajstić information content (AvgIpc) is 3.30. The zero-order valence-electron chi connectivity index (χ0n) is 41.5. The number of ether oxygens (including phenoxy) is 3. The lowest BCUT2D eigenvalue weighted by molar-refractivity contribution is -0.162. The van der Waals surface area contributed by atoms with Gasteiger partial charge in [0, 0.05) is 12.8 Å². The molecular weight excluding hydrogens is 789 g/mol. The Kier molecular flexibility index (Phi) is 50.5. The van der Waals surface area contributed by atoms with E-state index in [1.54, 1.807) is 0 Å². The normalized spacial score (nSPS) is 13.2. The van der Waals surface area contributed by atoms with Crippen LogP contribution in [0.4, 0.5) is 0 Å². The van der Waals surface area contributed by atoms with Gasteiger partial charge < -0.3 is 14.2 Å². The zero-order valence-corrected chi connectivity index (χ0v) is 41.5. The maximum absolute atomic E-state index is 12.8. The summed E-state index contributed by atoms with van der Waals surface area (Å²) in [5.41, 5.74) is 0. The monoisotopic (exact) mass is 885 g/mol. The highest BCUT2D eigenvalue weighted by atomic mass is 16.6. The maximum atomic E-state index is 12.8. The van der Waals surface area contributed by atoms with Crippen molar-refractivity contribution in [3.05, 3.63) is 122 Å². The van der Waals surface area contributed by atoms with Crippen LogP contribution in [0.2, 0.25) is 0 Å². The van der Waals surface area contributed by atoms with E-state index >= 15 is 0 Å². The van der Waals surface area contributed by atoms with Crippen molar-refractivity contribution in [3.63, 3.8) is 0 Å². The summed E-state index contributed by atoms with van der Waals surface area (Å²) in [7, 11) is 0. The first-order chi connectivity index (χ1) is 31.6. The molecule has 0 aromatic heterocycles. The third-order valence-electron chi connectivity index (χ3n) is 10.5. The molecule has 0 spiro atoms. The highest BCUT2D eigenvalue weighted by molar-refractivity contribution is 5.70. The molecule has 0 fully saturated rings. The molecule has 0 aliphatic carbocycles. The van der Waals surface area contributed by atoms with E-state index in [2.05, 4.69) is 142 Å². The van der Waals surface area contributed by atoms with Gasteiger partial charge in [-0.25, -0.2) is 0 Å². The van der Waals surface area contributed by atoms with E-state index in [1.165, 1.54) is 64.2 Å². The number of hydrogen-bond donors (Lipinski definition) is 0. The molecule has 0 radical (unpaired) electrons. The van der Waals surface area contributed by atoms with E-state index in [4.69, 9.17) is 14.2 Å². The standard InChI is InChI=1S/C59H96O5/c1-4-7-10-13-16-19-22-25-27-29-30-31-32-35-37-40-43-46-49-52-58(60)63-56-57(64-59(61)53-50-47-44-41-38-34-24-21-18-15-12-9-6-3)55-62-54-51-48-45-42-39-36-33-28-26-23-20-17-14-11-8-5-2/h7-8,10-11,16-17,19-20,25-28,30-31,35-37,39,45,48,57H,4-6,9,12-15,18,21-24,29,32-34,38,40-44,46-47,49-56H2,1-3H3/b10-7-,11-8-,19-16-,20-17-,27-25-,28-26-,31-30-,37-35-,39-36-,48-45-. The number of rotatable bonds is 46. The molecule has 0 saturated carbocycles. The summed E-state index contributed by atoms with van der Waals surface area (Å²) in [5.74, 6) is -0.480. The minimum Gasteiger partial charge on any atom is -0.462 e. The van der Waals surface area contributed by atoms with Gasteiger partial charge in [-0.2, -0.15) is 0 Å². The Hall–Kier alpha value is -3.70. The van der Waals surface area contributed by atoms with Crippen LogP contribution in [-0.4, -0.2) is 37.9 Å². The molecule has 0 amide bonds. The van der Waals surface area contributed by atoms with Crippen molar-refractivity contribution < 1.29 is 23.8 Å². The van der Waals surface area contributed by atoms with Crippen LogP contribution in [0.1, 0.15) is 213 Å². The molecule has 1 unspecified atom stereocenters. The van der Waals surface area contributed by atoms with Gasteiger partial charge in [-0.3, -0.25) is 9.59 Å². The highest BCUT2D eigenvalue weighted by Crippen LogP contribution is 2.14. The second-order valence-electron chi connectivity index (χ2n) is 16.7. The molecule has 0 N–H and O–H groups in total. The molecule has 0 rings (SSSR count). The predicted molar refractivity (Wildman–Crippen MR) is 279 cm³/mol. The van der Waals surface area contributed by atoms with Crippen molar-refractivity contribution >= 4 is 11.9 Å². The molecule has 0 aromatic rings. The molecule has 64 heavy (non-hydrogen) atoms. The number of allylic oxidation sites excluding steroid dienone is 19. The van der Waals surface area contributed by atoms with Gasteiger partial charge in [0.2, 0.25) is 0 Å². The van der Waals surface area contributed by atoms with E-state index in [0.29, 0.717) is 19.4 Å². The Labute approximate surface area is 395 Å². The third-order valence-corrected chi connectivity index (χ3v) is 10.5. The summed E-state index contributed by atoms with van der Waals surface area (Å²) >= 11 is 0. The number of hydrogen-bond acceptors (Lipinski definition) is 5. The van der Waals surface area contributed by atoms with E-state index in [9.17, 15) is 9.59 Å². The van der Waals surface area contributed by atoms with Gasteiger partial charge in [0.25, 0.3) is 0 Å². The fourth-order valence-corrected chi connectivity index (χ4v) is 6.72. The fraction of sp³-hybridized carbons (Fsp3) is 0.627. The number of carbonyl (C=O) groups is 2. The Bertz CT molecular complexity index is 1320. The van der Waals surface area contributed by atoms with Crippen molar-refractivity contribution in [2.24, 2.45) is 0 Å². The lowest BCUT2D eigenvalue weighted by Crippen LogP contribution is -2.30. The average molecular weight is 885 g/mol. The predicted octanol–water partition coefficient (Wildman–Crippen LogP) is 17.8. The number of unbranched alkanes of at least 4 members (excludes halogenated alkanes) is 15. The van der Waals surface area contributed by atoms with Gasteiger partial charge in [0.15, 0.2) is 6.10 Å². The summed E-state index contributed by atoms with van der Waals surface area (Å²) in [4.78, 5) is 25.4. The molecule has 0 aliphatic rings. The van der Waals surface area contributed by atoms with Gasteiger partial charge >= 0.3 is 11.9 Å². The number of esters is 2. The molecule has 362 valence electrons. The van der Waals surface area contributed by atoms with Crippen LogP contribution in [0.3, 0.4) is 0 Å². The van der Waals surface area contributed by atoms with Crippen LogP contribution in [0, 0.1) is 0 Å². The third kappa shape index (κ3) is 50.9. The zero-order chi connectivity index (χ0) is 46.3. The lowest BCUT2D eigenvalue weighted by Gasteiger charge is -2.18. The first kappa shape index (κ1) is 60.3. The molecule has 5 heteroatoms. The van der Waals surface area contributed by atoms with Crippen molar-refractivity contribution in [1.29, 1.82) is 0 Å². The van der Waals surface area contributed by atoms with E-state index in [0.717, 1.165) is 116 Å². The summed E-state index contributed by atoms with van der Waals surface area (Å²) in [6.07, 6.45) is 75.1. The van der Waals surface area contributed by atoms with E-state index in [-0.39, 0.29) is 25.2 Å². The first-order valence-corrected chi connectivity index (χ1v) is 26.1. The minimum absolute atomic E-state index is 0.0326. The summed E-state index contributed by atoms with van der Waals surface area (Å²) in [6.45, 7) is 7.35. The Morgan fingerprint density at radius 3 is 1.12 bits per heavy atom. The van der Waals surface area contributed by atoms with Gasteiger partial charge in [-0.05, 0) is 96.3 Å². The molecule has 0 saturated heterocycles. The summed E-state index contributed by atoms with van der Waals surface area (Å²) < 4.78 is 17.3. The Morgan fingerprint density at radius 1 is 0.359 bits per heavy atom. The van der Waals surface area contributed by atoms with Gasteiger partial charge in [-0.1, -0.05) is 226 Å². The van der Waals surface area contributed by atoms with Crippen LogP contribution in [0.15, 0.2) is 122 Å². The summed E-state index contributed by atoms with van der Waals surface area (Å²) in [5, 5.41) is 0. The van der Waals surface area contributed by atoms with Crippen LogP contribution >= 0.6 is 0 Å². The number of carbonyl (C=O) groups excluding carboxylic acids is 2. The van der Waals surface area contributed by atoms with Crippen LogP contribution in [-0.2, 0) is 23.8 Å². The SMILES string of the molecule is CC/C=C\C/C=C\C/C=C\C/C=C\C/C=C\CCCCCC(=O)OCC(COCC/C=C\C/C=C\C/C=C\C/C=C\C/C=C\CC)OC(=O)CCCCCCCCCCCCCCC. The second kappa shape index (κ2) is 53.6. The van der Waals surface area contributed by atoms with Crippen LogP contribution in [0.25, 0.3) is 0 Å². The molecule has 0 aliphatic heterocycles. The molecule has 1 atom stereocenters. The molecule has 0 aromatic carbocycles. The van der Waals surface area contributed by atoms with Gasteiger partial charge in [0.05, 0.1) is 13.2 Å². The van der Waals surface area contributed by atoms with E-state index < -0.39 is 6.10 Å². The van der Waals surface area contributed by atoms with Crippen molar-refractivity contribution in [3.8, 4) is 0 Å². The maximum Gasteiger partial charge on any atom is 0.306 e. The molecule has 0 bridgehead atoms. The Morgan fingerprint density at radius 2 is 0.703 bits per heavy atom. The lowest BCUT2D eigenvalue weighted by atomic mass is 10.0. The quantitative estimate of drug-likeness (QED) is 0.0346. The largest absolute Gasteiger partial charge is 0.462 e. The van der Waals surface area contributed by atoms with Crippen LogP contribution < -0.4 is 0 Å². The smallest absolute Gasteiger partial charge is 0.306 e. The first-order valence-electron chi connectivity index (χ1n) is 26.1. The van der Waals surface area contributed by atoms with Crippen molar-refractivity contribution in [1.82, 2.24) is 0 Å². The molecule has 5 nitrogen and oxygen atoms in total. The molecular formula is C59H96O5. The van der Waals surface area contributed by atoms with Gasteiger partial charge in [-0.15, -0.1) is 0 Å². The van der Waals surface area contributed by atoms with Gasteiger partial charge in [0.1, 0.15) is 6.61 Å². The topological polar surface area (TPSA) is 61.8 Å². The fourth-order valence-electron chi connectivity index (χ4n) is 6.72. The highest BCUT2D eigenvalue weighted by Gasteiger charge is 2.17. The molecule has 0 heterocycles. The van der Waals surface area contributed by atoms with Crippen molar-refractivity contribution in [2.45, 2.75) is 219 Å². The van der Waals surface area contributed by atoms with E-state index in [1.807, 2.05) is 0 Å². The summed E-state index contributed by atoms with van der Waals surface area (Å²) in [6, 6.07) is 0. The van der Waals surface area contributed by atoms with Crippen molar-refractivity contribution in [2.75, 3.05) is 19.8 Å². The Balaban J connectivity index is 4.45. The minimum atomic E-state index is -0.595. The second-order valence-corrected chi connectivity index (χ2v) is 16.7. The van der Waals surface area contributed by atoms with Crippen LogP contribution in [0.5, 0.6) is 0 Å².